The molecule has 150 valence electrons. The average Bonchev–Trinajstić information content (AvgIpc) is 2.60. The van der Waals surface area contributed by atoms with E-state index in [2.05, 4.69) is 46.6 Å². The molecule has 0 heterocycles. The van der Waals surface area contributed by atoms with Gasteiger partial charge in [-0.1, -0.05) is 17.7 Å². The average molecular weight is 478 g/mol. The number of aryl methyl sites for hydroxylation is 1. The smallest absolute Gasteiger partial charge is 0.191 e. The fourth-order valence-corrected chi connectivity index (χ4v) is 2.31. The summed E-state index contributed by atoms with van der Waals surface area (Å²) in [5.41, 5.74) is 1.23. The summed E-state index contributed by atoms with van der Waals surface area (Å²) in [6.07, 6.45) is 1.10. The van der Waals surface area contributed by atoms with Crippen molar-refractivity contribution in [3.8, 4) is 5.75 Å². The SMILES string of the molecule is CN=C(NCCN(C)CCCOC)NCC(C)Oc1ccc(C)cc1.I. The van der Waals surface area contributed by atoms with Gasteiger partial charge < -0.3 is 25.0 Å². The van der Waals surface area contributed by atoms with E-state index < -0.39 is 0 Å². The van der Waals surface area contributed by atoms with E-state index in [9.17, 15) is 0 Å². The van der Waals surface area contributed by atoms with Gasteiger partial charge in [-0.15, -0.1) is 24.0 Å². The lowest BCUT2D eigenvalue weighted by Gasteiger charge is -2.20. The second-order valence-corrected chi connectivity index (χ2v) is 6.27. The van der Waals surface area contributed by atoms with Gasteiger partial charge in [-0.05, 0) is 39.4 Å². The Morgan fingerprint density at radius 2 is 1.88 bits per heavy atom. The number of methoxy groups -OCH3 is 1. The van der Waals surface area contributed by atoms with Crippen molar-refractivity contribution in [3.63, 3.8) is 0 Å². The Morgan fingerprint density at radius 3 is 2.50 bits per heavy atom. The number of rotatable bonds is 11. The monoisotopic (exact) mass is 478 g/mol. The van der Waals surface area contributed by atoms with Gasteiger partial charge in [0.1, 0.15) is 11.9 Å². The fraction of sp³-hybridized carbons (Fsp3) is 0.632. The number of guanidine groups is 1. The first kappa shape index (κ1) is 24.9. The van der Waals surface area contributed by atoms with E-state index in [1.165, 1.54) is 5.56 Å². The number of aliphatic imine (C=N–C) groups is 1. The van der Waals surface area contributed by atoms with Gasteiger partial charge in [0, 0.05) is 40.4 Å². The second kappa shape index (κ2) is 15.0. The molecular formula is C19H35IN4O2. The van der Waals surface area contributed by atoms with Crippen molar-refractivity contribution in [1.29, 1.82) is 0 Å². The number of nitrogens with zero attached hydrogens (tertiary/aromatic N) is 2. The third-order valence-corrected chi connectivity index (χ3v) is 3.81. The summed E-state index contributed by atoms with van der Waals surface area (Å²) in [4.78, 5) is 6.53. The molecule has 0 bridgehead atoms. The summed E-state index contributed by atoms with van der Waals surface area (Å²) in [7, 11) is 5.63. The third-order valence-electron chi connectivity index (χ3n) is 3.81. The predicted octanol–water partition coefficient (Wildman–Crippen LogP) is 2.51. The van der Waals surface area contributed by atoms with Crippen LogP contribution in [-0.2, 0) is 4.74 Å². The van der Waals surface area contributed by atoms with Crippen molar-refractivity contribution in [2.24, 2.45) is 4.99 Å². The highest BCUT2D eigenvalue weighted by Crippen LogP contribution is 2.12. The second-order valence-electron chi connectivity index (χ2n) is 6.27. The fourth-order valence-electron chi connectivity index (χ4n) is 2.31. The van der Waals surface area contributed by atoms with Crippen LogP contribution in [0.25, 0.3) is 0 Å². The molecule has 0 saturated heterocycles. The minimum absolute atomic E-state index is 0. The van der Waals surface area contributed by atoms with Crippen molar-refractivity contribution in [1.82, 2.24) is 15.5 Å². The van der Waals surface area contributed by atoms with E-state index >= 15 is 0 Å². The van der Waals surface area contributed by atoms with E-state index in [4.69, 9.17) is 9.47 Å². The van der Waals surface area contributed by atoms with Gasteiger partial charge in [0.05, 0.1) is 6.54 Å². The summed E-state index contributed by atoms with van der Waals surface area (Å²) in [6, 6.07) is 8.11. The number of hydrogen-bond donors (Lipinski definition) is 2. The molecule has 1 rings (SSSR count). The van der Waals surface area contributed by atoms with Crippen LogP contribution in [0.5, 0.6) is 5.75 Å². The molecule has 0 saturated carbocycles. The predicted molar refractivity (Wildman–Crippen MR) is 120 cm³/mol. The lowest BCUT2D eigenvalue weighted by molar-refractivity contribution is 0.180. The van der Waals surface area contributed by atoms with Gasteiger partial charge in [-0.25, -0.2) is 0 Å². The maximum Gasteiger partial charge on any atom is 0.191 e. The molecule has 0 fully saturated rings. The third kappa shape index (κ3) is 11.5. The number of ether oxygens (including phenoxy) is 2. The Morgan fingerprint density at radius 1 is 1.19 bits per heavy atom. The first-order valence-corrected chi connectivity index (χ1v) is 8.90. The number of benzene rings is 1. The van der Waals surface area contributed by atoms with Gasteiger partial charge in [0.25, 0.3) is 0 Å². The topological polar surface area (TPSA) is 58.1 Å². The molecule has 0 amide bonds. The molecule has 26 heavy (non-hydrogen) atoms. The number of hydrogen-bond acceptors (Lipinski definition) is 4. The molecule has 0 radical (unpaired) electrons. The Balaban J connectivity index is 0.00000625. The van der Waals surface area contributed by atoms with Crippen LogP contribution < -0.4 is 15.4 Å². The van der Waals surface area contributed by atoms with Crippen LogP contribution in [0.4, 0.5) is 0 Å². The first-order chi connectivity index (χ1) is 12.0. The Kier molecular flexibility index (Phi) is 14.4. The van der Waals surface area contributed by atoms with Gasteiger partial charge in [0.15, 0.2) is 5.96 Å². The molecule has 1 aromatic carbocycles. The summed E-state index contributed by atoms with van der Waals surface area (Å²) < 4.78 is 11.0. The van der Waals surface area contributed by atoms with Crippen molar-refractivity contribution >= 4 is 29.9 Å². The molecule has 1 unspecified atom stereocenters. The van der Waals surface area contributed by atoms with Crippen LogP contribution in [0, 0.1) is 6.92 Å². The van der Waals surface area contributed by atoms with Gasteiger partial charge in [-0.3, -0.25) is 4.99 Å². The van der Waals surface area contributed by atoms with E-state index in [1.54, 1.807) is 14.2 Å². The summed E-state index contributed by atoms with van der Waals surface area (Å²) >= 11 is 0. The van der Waals surface area contributed by atoms with E-state index in [0.717, 1.165) is 44.4 Å². The first-order valence-electron chi connectivity index (χ1n) is 8.90. The highest BCUT2D eigenvalue weighted by atomic mass is 127. The van der Waals surface area contributed by atoms with Crippen molar-refractivity contribution in [2.75, 3.05) is 54.0 Å². The van der Waals surface area contributed by atoms with Gasteiger partial charge in [0.2, 0.25) is 0 Å². The molecule has 1 atom stereocenters. The maximum absolute atomic E-state index is 5.90. The molecule has 2 N–H and O–H groups in total. The lowest BCUT2D eigenvalue weighted by Crippen LogP contribution is -2.44. The molecule has 0 aromatic heterocycles. The zero-order chi connectivity index (χ0) is 18.5. The highest BCUT2D eigenvalue weighted by Gasteiger charge is 2.06. The number of halogens is 1. The summed E-state index contributed by atoms with van der Waals surface area (Å²) in [5.74, 6) is 1.69. The lowest BCUT2D eigenvalue weighted by atomic mass is 10.2. The van der Waals surface area contributed by atoms with E-state index in [0.29, 0.717) is 6.54 Å². The maximum atomic E-state index is 5.90. The molecule has 0 aliphatic heterocycles. The van der Waals surface area contributed by atoms with E-state index in [-0.39, 0.29) is 30.1 Å². The van der Waals surface area contributed by atoms with Gasteiger partial charge in [-0.2, -0.15) is 0 Å². The van der Waals surface area contributed by atoms with Crippen LogP contribution in [0.15, 0.2) is 29.3 Å². The quantitative estimate of drug-likeness (QED) is 0.222. The van der Waals surface area contributed by atoms with Gasteiger partial charge >= 0.3 is 0 Å². The minimum atomic E-state index is 0. The summed E-state index contributed by atoms with van der Waals surface area (Å²) in [5, 5.41) is 6.63. The highest BCUT2D eigenvalue weighted by molar-refractivity contribution is 14.0. The van der Waals surface area contributed by atoms with Crippen LogP contribution >= 0.6 is 24.0 Å². The van der Waals surface area contributed by atoms with Crippen molar-refractivity contribution in [3.05, 3.63) is 29.8 Å². The largest absolute Gasteiger partial charge is 0.489 e. The minimum Gasteiger partial charge on any atom is -0.489 e. The van der Waals surface area contributed by atoms with Crippen molar-refractivity contribution < 1.29 is 9.47 Å². The molecule has 6 nitrogen and oxygen atoms in total. The summed E-state index contributed by atoms with van der Waals surface area (Å²) in [6.45, 7) is 8.44. The number of nitrogens with one attached hydrogen (secondary N) is 2. The van der Waals surface area contributed by atoms with E-state index in [1.807, 2.05) is 19.1 Å². The van der Waals surface area contributed by atoms with Crippen molar-refractivity contribution in [2.45, 2.75) is 26.4 Å². The Labute approximate surface area is 175 Å². The molecule has 0 spiro atoms. The molecular weight excluding hydrogens is 443 g/mol. The molecule has 1 aromatic rings. The normalized spacial score (nSPS) is 12.5. The Bertz CT molecular complexity index is 497. The molecule has 0 aliphatic carbocycles. The molecule has 7 heteroatoms. The Hall–Kier alpha value is -1.06. The van der Waals surface area contributed by atoms with Crippen LogP contribution in [0.1, 0.15) is 18.9 Å². The molecule has 0 aliphatic rings. The van der Waals surface area contributed by atoms with Crippen LogP contribution in [0.2, 0.25) is 0 Å². The van der Waals surface area contributed by atoms with Crippen LogP contribution in [0.3, 0.4) is 0 Å². The number of likely N-dealkylation sites (N-methyl/N-ethyl adjacent to an activating group) is 1. The standard InChI is InChI=1S/C19H34N4O2.HI/c1-16-7-9-18(10-8-16)25-17(2)15-22-19(20-3)21-11-13-23(4)12-6-14-24-5;/h7-10,17H,6,11-15H2,1-5H3,(H2,20,21,22);1H. The van der Waals surface area contributed by atoms with Crippen LogP contribution in [-0.4, -0.2) is 71.0 Å². The zero-order valence-electron chi connectivity index (χ0n) is 16.7. The zero-order valence-corrected chi connectivity index (χ0v) is 19.1.